The minimum atomic E-state index is -0.133. The molecular formula is C18H20ClFIN3. The molecule has 24 heavy (non-hydrogen) atoms. The summed E-state index contributed by atoms with van der Waals surface area (Å²) < 4.78 is 13.8. The smallest absolute Gasteiger partial charge is 0.191 e. The van der Waals surface area contributed by atoms with E-state index in [1.54, 1.807) is 13.1 Å². The van der Waals surface area contributed by atoms with Crippen LogP contribution in [-0.2, 0) is 6.54 Å². The largest absolute Gasteiger partial charge is 0.353 e. The van der Waals surface area contributed by atoms with Crippen molar-refractivity contribution in [1.29, 1.82) is 0 Å². The zero-order chi connectivity index (χ0) is 16.2. The lowest BCUT2D eigenvalue weighted by atomic mass is 10.1. The van der Waals surface area contributed by atoms with Gasteiger partial charge in [0.05, 0.1) is 0 Å². The SMILES string of the molecule is CN=C(NCc1ccc(Cl)cc1)NC1CC1c1ccccc1F.I. The number of guanidine groups is 1. The fraction of sp³-hybridized carbons (Fsp3) is 0.278. The average molecular weight is 460 g/mol. The van der Waals surface area contributed by atoms with E-state index in [1.807, 2.05) is 36.4 Å². The molecule has 0 heterocycles. The Morgan fingerprint density at radius 3 is 2.58 bits per heavy atom. The summed E-state index contributed by atoms with van der Waals surface area (Å²) in [5.41, 5.74) is 1.90. The second-order valence-electron chi connectivity index (χ2n) is 5.67. The van der Waals surface area contributed by atoms with Crippen LogP contribution < -0.4 is 10.6 Å². The van der Waals surface area contributed by atoms with Crippen LogP contribution in [0.3, 0.4) is 0 Å². The van der Waals surface area contributed by atoms with Gasteiger partial charge in [0.1, 0.15) is 5.82 Å². The van der Waals surface area contributed by atoms with Crippen LogP contribution in [0.5, 0.6) is 0 Å². The molecule has 1 saturated carbocycles. The van der Waals surface area contributed by atoms with Crippen LogP contribution in [0.15, 0.2) is 53.5 Å². The number of aliphatic imine (C=N–C) groups is 1. The molecule has 1 aliphatic carbocycles. The van der Waals surface area contributed by atoms with Crippen molar-refractivity contribution < 1.29 is 4.39 Å². The van der Waals surface area contributed by atoms with Gasteiger partial charge in [0, 0.05) is 30.6 Å². The molecule has 2 aromatic rings. The number of nitrogens with zero attached hydrogens (tertiary/aromatic N) is 1. The van der Waals surface area contributed by atoms with E-state index < -0.39 is 0 Å². The Bertz CT molecular complexity index is 706. The first-order valence-electron chi connectivity index (χ1n) is 7.63. The highest BCUT2D eigenvalue weighted by Gasteiger charge is 2.40. The van der Waals surface area contributed by atoms with Gasteiger partial charge in [-0.25, -0.2) is 4.39 Å². The molecule has 2 N–H and O–H groups in total. The summed E-state index contributed by atoms with van der Waals surface area (Å²) in [6, 6.07) is 14.9. The quantitative estimate of drug-likeness (QED) is 0.406. The van der Waals surface area contributed by atoms with E-state index in [4.69, 9.17) is 11.6 Å². The van der Waals surface area contributed by atoms with Gasteiger partial charge in [-0.15, -0.1) is 24.0 Å². The van der Waals surface area contributed by atoms with Gasteiger partial charge in [-0.05, 0) is 35.7 Å². The normalized spacial score (nSPS) is 19.4. The van der Waals surface area contributed by atoms with Crippen LogP contribution >= 0.6 is 35.6 Å². The van der Waals surface area contributed by atoms with E-state index in [2.05, 4.69) is 15.6 Å². The number of hydrogen-bond donors (Lipinski definition) is 2. The molecule has 1 fully saturated rings. The summed E-state index contributed by atoms with van der Waals surface area (Å²) in [7, 11) is 1.73. The highest BCUT2D eigenvalue weighted by Crippen LogP contribution is 2.41. The van der Waals surface area contributed by atoms with Crippen molar-refractivity contribution in [2.45, 2.75) is 24.9 Å². The second-order valence-corrected chi connectivity index (χ2v) is 6.10. The first kappa shape index (κ1) is 19.0. The average Bonchev–Trinajstić information content (AvgIpc) is 3.32. The second kappa shape index (κ2) is 8.67. The molecule has 0 radical (unpaired) electrons. The van der Waals surface area contributed by atoms with Crippen LogP contribution in [-0.4, -0.2) is 19.0 Å². The van der Waals surface area contributed by atoms with Crippen molar-refractivity contribution in [1.82, 2.24) is 10.6 Å². The molecule has 3 rings (SSSR count). The third-order valence-electron chi connectivity index (χ3n) is 4.01. The third-order valence-corrected chi connectivity index (χ3v) is 4.27. The standard InChI is InChI=1S/C18H19ClFN3.HI/c1-21-18(22-11-12-6-8-13(19)9-7-12)23-17-10-15(17)14-4-2-3-5-16(14)20;/h2-9,15,17H,10-11H2,1H3,(H2,21,22,23);1H. The van der Waals surface area contributed by atoms with Gasteiger partial charge in [0.2, 0.25) is 0 Å². The first-order valence-corrected chi connectivity index (χ1v) is 8.01. The Labute approximate surface area is 163 Å². The molecule has 3 nitrogen and oxygen atoms in total. The number of nitrogens with one attached hydrogen (secondary N) is 2. The summed E-state index contributed by atoms with van der Waals surface area (Å²) in [6.45, 7) is 0.661. The zero-order valence-electron chi connectivity index (χ0n) is 13.3. The molecule has 1 aliphatic rings. The third kappa shape index (κ3) is 4.83. The van der Waals surface area contributed by atoms with E-state index >= 15 is 0 Å². The molecule has 0 aromatic heterocycles. The van der Waals surface area contributed by atoms with E-state index in [1.165, 1.54) is 6.07 Å². The minimum absolute atomic E-state index is 0. The molecule has 0 saturated heterocycles. The molecule has 2 aromatic carbocycles. The van der Waals surface area contributed by atoms with Crippen LogP contribution in [0.1, 0.15) is 23.5 Å². The number of rotatable bonds is 4. The fourth-order valence-corrected chi connectivity index (χ4v) is 2.76. The number of benzene rings is 2. The lowest BCUT2D eigenvalue weighted by Gasteiger charge is -2.12. The lowest BCUT2D eigenvalue weighted by Crippen LogP contribution is -2.38. The predicted octanol–water partition coefficient (Wildman–Crippen LogP) is 4.32. The maximum absolute atomic E-state index is 13.8. The monoisotopic (exact) mass is 459 g/mol. The minimum Gasteiger partial charge on any atom is -0.353 e. The van der Waals surface area contributed by atoms with Crippen molar-refractivity contribution in [3.05, 3.63) is 70.5 Å². The van der Waals surface area contributed by atoms with Gasteiger partial charge < -0.3 is 10.6 Å². The first-order chi connectivity index (χ1) is 11.2. The zero-order valence-corrected chi connectivity index (χ0v) is 16.4. The summed E-state index contributed by atoms with van der Waals surface area (Å²) in [5.74, 6) is 0.806. The van der Waals surface area contributed by atoms with Crippen molar-refractivity contribution in [2.75, 3.05) is 7.05 Å². The molecule has 0 aliphatic heterocycles. The van der Waals surface area contributed by atoms with Crippen LogP contribution in [0.2, 0.25) is 5.02 Å². The van der Waals surface area contributed by atoms with Gasteiger partial charge in [-0.3, -0.25) is 4.99 Å². The van der Waals surface area contributed by atoms with Gasteiger partial charge in [0.15, 0.2) is 5.96 Å². The van der Waals surface area contributed by atoms with Crippen LogP contribution in [0.25, 0.3) is 0 Å². The highest BCUT2D eigenvalue weighted by atomic mass is 127. The molecule has 2 atom stereocenters. The molecule has 0 spiro atoms. The lowest BCUT2D eigenvalue weighted by molar-refractivity contribution is 0.607. The molecule has 0 amide bonds. The Balaban J connectivity index is 0.00000208. The summed E-state index contributed by atoms with van der Waals surface area (Å²) >= 11 is 5.88. The Morgan fingerprint density at radius 1 is 1.21 bits per heavy atom. The maximum Gasteiger partial charge on any atom is 0.191 e. The summed E-state index contributed by atoms with van der Waals surface area (Å²) in [4.78, 5) is 4.23. The molecule has 128 valence electrons. The van der Waals surface area contributed by atoms with E-state index in [-0.39, 0.29) is 41.8 Å². The summed E-state index contributed by atoms with van der Waals surface area (Å²) in [6.07, 6.45) is 0.919. The Kier molecular flexibility index (Phi) is 6.86. The highest BCUT2D eigenvalue weighted by molar-refractivity contribution is 14.0. The molecular weight excluding hydrogens is 440 g/mol. The van der Waals surface area contributed by atoms with Gasteiger partial charge in [-0.1, -0.05) is 41.9 Å². The van der Waals surface area contributed by atoms with Crippen molar-refractivity contribution >= 4 is 41.5 Å². The van der Waals surface area contributed by atoms with E-state index in [0.717, 1.165) is 28.5 Å². The predicted molar refractivity (Wildman–Crippen MR) is 108 cm³/mol. The molecule has 6 heteroatoms. The maximum atomic E-state index is 13.8. The van der Waals surface area contributed by atoms with E-state index in [9.17, 15) is 4.39 Å². The van der Waals surface area contributed by atoms with Gasteiger partial charge in [0.25, 0.3) is 0 Å². The van der Waals surface area contributed by atoms with Gasteiger partial charge >= 0.3 is 0 Å². The molecule has 0 bridgehead atoms. The topological polar surface area (TPSA) is 36.4 Å². The Hall–Kier alpha value is -1.34. The fourth-order valence-electron chi connectivity index (χ4n) is 2.63. The number of hydrogen-bond acceptors (Lipinski definition) is 1. The summed E-state index contributed by atoms with van der Waals surface area (Å²) in [5, 5.41) is 7.33. The van der Waals surface area contributed by atoms with E-state index in [0.29, 0.717) is 6.54 Å². The number of halogens is 3. The van der Waals surface area contributed by atoms with Crippen molar-refractivity contribution in [3.8, 4) is 0 Å². The molecule has 2 unspecified atom stereocenters. The van der Waals surface area contributed by atoms with Crippen molar-refractivity contribution in [2.24, 2.45) is 4.99 Å². The van der Waals surface area contributed by atoms with Crippen LogP contribution in [0, 0.1) is 5.82 Å². The van der Waals surface area contributed by atoms with Crippen LogP contribution in [0.4, 0.5) is 4.39 Å². The Morgan fingerprint density at radius 2 is 1.92 bits per heavy atom. The van der Waals surface area contributed by atoms with Crippen molar-refractivity contribution in [3.63, 3.8) is 0 Å². The van der Waals surface area contributed by atoms with Gasteiger partial charge in [-0.2, -0.15) is 0 Å².